The summed E-state index contributed by atoms with van der Waals surface area (Å²) < 4.78 is 24.2. The second kappa shape index (κ2) is 5.32. The maximum absolute atomic E-state index is 11.4. The van der Waals surface area contributed by atoms with E-state index in [9.17, 15) is 8.42 Å². The Kier molecular flexibility index (Phi) is 4.11. The summed E-state index contributed by atoms with van der Waals surface area (Å²) in [5.41, 5.74) is 1.12. The Morgan fingerprint density at radius 1 is 1.32 bits per heavy atom. The lowest BCUT2D eigenvalue weighted by Crippen LogP contribution is -2.02. The van der Waals surface area contributed by atoms with Crippen molar-refractivity contribution in [1.29, 1.82) is 0 Å². The molecule has 1 aromatic heterocycles. The van der Waals surface area contributed by atoms with Gasteiger partial charge in [-0.2, -0.15) is 5.10 Å². The fraction of sp³-hybridized carbons (Fsp3) is 0.182. The molecule has 0 aliphatic heterocycles. The Balaban J connectivity index is 2.43. The van der Waals surface area contributed by atoms with Crippen molar-refractivity contribution in [2.75, 3.05) is 0 Å². The molecule has 0 aliphatic carbocycles. The third-order valence-corrected chi connectivity index (χ3v) is 4.65. The van der Waals surface area contributed by atoms with Gasteiger partial charge in [0.1, 0.15) is 10.0 Å². The zero-order valence-corrected chi connectivity index (χ0v) is 12.9. The Bertz CT molecular complexity index is 726. The van der Waals surface area contributed by atoms with E-state index in [4.69, 9.17) is 33.9 Å². The first kappa shape index (κ1) is 14.7. The molecule has 0 unspecified atom stereocenters. The molecule has 8 heteroatoms. The molecule has 0 atom stereocenters. The predicted octanol–water partition coefficient (Wildman–Crippen LogP) is 3.47. The summed E-state index contributed by atoms with van der Waals surface area (Å²) in [7, 11) is 1.41. The van der Waals surface area contributed by atoms with E-state index >= 15 is 0 Å². The van der Waals surface area contributed by atoms with E-state index in [-0.39, 0.29) is 15.7 Å². The first-order valence-electron chi connectivity index (χ1n) is 5.21. The number of nitrogens with zero attached hydrogens (tertiary/aromatic N) is 2. The fourth-order valence-corrected chi connectivity index (χ4v) is 3.85. The first-order valence-corrected chi connectivity index (χ1v) is 8.27. The van der Waals surface area contributed by atoms with Gasteiger partial charge in [0.25, 0.3) is 9.05 Å². The Morgan fingerprint density at radius 3 is 2.53 bits per heavy atom. The van der Waals surface area contributed by atoms with E-state index in [1.54, 1.807) is 18.2 Å². The minimum Gasteiger partial charge on any atom is -0.248 e. The molecule has 2 rings (SSSR count). The normalized spacial score (nSPS) is 11.8. The summed E-state index contributed by atoms with van der Waals surface area (Å²) >= 11 is 11.9. The maximum Gasteiger partial charge on any atom is 0.266 e. The SMILES string of the molecule is Cc1nn(Cc2cccc(Cl)c2)c(Cl)c1S(=O)(=O)Cl. The highest BCUT2D eigenvalue weighted by molar-refractivity contribution is 8.13. The first-order chi connectivity index (χ1) is 8.79. The van der Waals surface area contributed by atoms with E-state index in [1.807, 2.05) is 6.07 Å². The molecule has 0 N–H and O–H groups in total. The van der Waals surface area contributed by atoms with Gasteiger partial charge in [0.2, 0.25) is 0 Å². The lowest BCUT2D eigenvalue weighted by molar-refractivity contribution is 0.609. The summed E-state index contributed by atoms with van der Waals surface area (Å²) in [6, 6.07) is 7.13. The smallest absolute Gasteiger partial charge is 0.248 e. The van der Waals surface area contributed by atoms with Gasteiger partial charge in [0.15, 0.2) is 0 Å². The van der Waals surface area contributed by atoms with Crippen molar-refractivity contribution in [2.24, 2.45) is 0 Å². The molecule has 102 valence electrons. The van der Waals surface area contributed by atoms with Crippen LogP contribution in [0.15, 0.2) is 29.2 Å². The molecular weight excluding hydrogens is 331 g/mol. The minimum atomic E-state index is -3.91. The van der Waals surface area contributed by atoms with E-state index < -0.39 is 9.05 Å². The number of hydrogen-bond donors (Lipinski definition) is 0. The summed E-state index contributed by atoms with van der Waals surface area (Å²) in [6.07, 6.45) is 0. The number of aromatic nitrogens is 2. The molecule has 19 heavy (non-hydrogen) atoms. The van der Waals surface area contributed by atoms with Crippen LogP contribution in [0.1, 0.15) is 11.3 Å². The minimum absolute atomic E-state index is 0.00697. The molecule has 0 saturated heterocycles. The Hall–Kier alpha value is -0.750. The number of halogens is 3. The van der Waals surface area contributed by atoms with Gasteiger partial charge < -0.3 is 0 Å². The van der Waals surface area contributed by atoms with Gasteiger partial charge in [-0.1, -0.05) is 35.3 Å². The summed E-state index contributed by atoms with van der Waals surface area (Å²) in [5.74, 6) is 0. The Morgan fingerprint density at radius 2 is 2.00 bits per heavy atom. The number of rotatable bonds is 3. The van der Waals surface area contributed by atoms with Gasteiger partial charge >= 0.3 is 0 Å². The summed E-state index contributed by atoms with van der Waals surface area (Å²) in [6.45, 7) is 1.85. The molecule has 0 aliphatic rings. The van der Waals surface area contributed by atoms with Gasteiger partial charge in [-0.05, 0) is 24.6 Å². The third-order valence-electron chi connectivity index (χ3n) is 2.48. The fourth-order valence-electron chi connectivity index (χ4n) is 1.73. The van der Waals surface area contributed by atoms with Crippen LogP contribution in [0.2, 0.25) is 10.2 Å². The standard InChI is InChI=1S/C11H9Cl3N2O2S/c1-7-10(19(14,17)18)11(13)16(15-7)6-8-3-2-4-9(12)5-8/h2-5H,6H2,1H3. The highest BCUT2D eigenvalue weighted by Crippen LogP contribution is 2.28. The molecule has 0 fully saturated rings. The van der Waals surface area contributed by atoms with Crippen molar-refractivity contribution in [3.05, 3.63) is 45.7 Å². The van der Waals surface area contributed by atoms with Crippen LogP contribution in [0, 0.1) is 6.92 Å². The van der Waals surface area contributed by atoms with Crippen LogP contribution in [0.25, 0.3) is 0 Å². The van der Waals surface area contributed by atoms with Crippen LogP contribution in [-0.2, 0) is 15.6 Å². The van der Waals surface area contributed by atoms with Crippen molar-refractivity contribution in [3.63, 3.8) is 0 Å². The van der Waals surface area contributed by atoms with Gasteiger partial charge in [0.05, 0.1) is 12.2 Å². The van der Waals surface area contributed by atoms with Gasteiger partial charge in [0, 0.05) is 15.7 Å². The van der Waals surface area contributed by atoms with Crippen LogP contribution in [0.5, 0.6) is 0 Å². The van der Waals surface area contributed by atoms with Crippen LogP contribution in [-0.4, -0.2) is 18.2 Å². The molecule has 0 bridgehead atoms. The molecule has 2 aromatic rings. The highest BCUT2D eigenvalue weighted by atomic mass is 35.7. The maximum atomic E-state index is 11.4. The van der Waals surface area contributed by atoms with Gasteiger partial charge in [-0.3, -0.25) is 0 Å². The monoisotopic (exact) mass is 338 g/mol. The molecule has 1 aromatic carbocycles. The second-order valence-corrected chi connectivity index (χ2v) is 7.23. The van der Waals surface area contributed by atoms with Crippen LogP contribution < -0.4 is 0 Å². The third kappa shape index (κ3) is 3.23. The zero-order valence-electron chi connectivity index (χ0n) is 9.77. The number of aryl methyl sites for hydroxylation is 1. The van der Waals surface area contributed by atoms with E-state index in [2.05, 4.69) is 5.10 Å². The lowest BCUT2D eigenvalue weighted by atomic mass is 10.2. The summed E-state index contributed by atoms with van der Waals surface area (Å²) in [5, 5.41) is 4.66. The van der Waals surface area contributed by atoms with Crippen molar-refractivity contribution < 1.29 is 8.42 Å². The number of hydrogen-bond acceptors (Lipinski definition) is 3. The van der Waals surface area contributed by atoms with E-state index in [0.717, 1.165) is 5.56 Å². The van der Waals surface area contributed by atoms with E-state index in [1.165, 1.54) is 11.6 Å². The van der Waals surface area contributed by atoms with Crippen molar-refractivity contribution in [2.45, 2.75) is 18.4 Å². The van der Waals surface area contributed by atoms with Crippen LogP contribution in [0.3, 0.4) is 0 Å². The molecule has 1 heterocycles. The van der Waals surface area contributed by atoms with Gasteiger partial charge in [-0.25, -0.2) is 13.1 Å². The average Bonchev–Trinajstić information content (AvgIpc) is 2.53. The zero-order chi connectivity index (χ0) is 14.2. The molecule has 0 radical (unpaired) electrons. The molecule has 4 nitrogen and oxygen atoms in total. The topological polar surface area (TPSA) is 52.0 Å². The van der Waals surface area contributed by atoms with Crippen molar-refractivity contribution >= 4 is 42.9 Å². The van der Waals surface area contributed by atoms with E-state index in [0.29, 0.717) is 11.6 Å². The molecule has 0 spiro atoms. The average molecular weight is 340 g/mol. The van der Waals surface area contributed by atoms with Crippen LogP contribution in [0.4, 0.5) is 0 Å². The number of benzene rings is 1. The van der Waals surface area contributed by atoms with Crippen molar-refractivity contribution in [3.8, 4) is 0 Å². The highest BCUT2D eigenvalue weighted by Gasteiger charge is 2.24. The second-order valence-electron chi connectivity index (χ2n) is 3.93. The lowest BCUT2D eigenvalue weighted by Gasteiger charge is -2.04. The molecule has 0 amide bonds. The van der Waals surface area contributed by atoms with Crippen LogP contribution >= 0.6 is 33.9 Å². The quantitative estimate of drug-likeness (QED) is 0.805. The molecular formula is C11H9Cl3N2O2S. The molecule has 0 saturated carbocycles. The van der Waals surface area contributed by atoms with Gasteiger partial charge in [-0.15, -0.1) is 0 Å². The Labute approximate surface area is 125 Å². The largest absolute Gasteiger partial charge is 0.266 e. The van der Waals surface area contributed by atoms with Crippen molar-refractivity contribution in [1.82, 2.24) is 9.78 Å². The summed E-state index contributed by atoms with van der Waals surface area (Å²) in [4.78, 5) is -0.155. The predicted molar refractivity (Wildman–Crippen MR) is 75.6 cm³/mol.